The highest BCUT2D eigenvalue weighted by Gasteiger charge is 2.13. The quantitative estimate of drug-likeness (QED) is 0.805. The largest absolute Gasteiger partial charge is 0.490 e. The molecular formula is C15H15ClN4O. The molecule has 0 fully saturated rings. The molecule has 0 saturated heterocycles. The molecule has 0 atom stereocenters. The molecule has 2 aromatic heterocycles. The number of hydrogen-bond acceptors (Lipinski definition) is 4. The van der Waals surface area contributed by atoms with Crippen molar-refractivity contribution in [2.45, 2.75) is 20.0 Å². The van der Waals surface area contributed by atoms with E-state index in [4.69, 9.17) is 22.1 Å². The number of nitrogen functional groups attached to an aromatic ring is 1. The number of nitrogens with two attached hydrogens (primary N) is 1. The third-order valence-electron chi connectivity index (χ3n) is 2.96. The zero-order valence-electron chi connectivity index (χ0n) is 11.7. The maximum Gasteiger partial charge on any atom is 0.240 e. The fraction of sp³-hybridized carbons (Fsp3) is 0.200. The normalized spacial score (nSPS) is 11.2. The van der Waals surface area contributed by atoms with Crippen LogP contribution in [0.5, 0.6) is 5.75 Å². The highest BCUT2D eigenvalue weighted by atomic mass is 35.5. The summed E-state index contributed by atoms with van der Waals surface area (Å²) < 4.78 is 7.56. The molecule has 0 aliphatic carbocycles. The number of hydrogen-bond donors (Lipinski definition) is 1. The summed E-state index contributed by atoms with van der Waals surface area (Å²) >= 11 is 6.08. The van der Waals surface area contributed by atoms with Crippen molar-refractivity contribution in [3.8, 4) is 17.0 Å². The van der Waals surface area contributed by atoms with E-state index in [1.165, 1.54) is 0 Å². The van der Waals surface area contributed by atoms with Crippen LogP contribution >= 0.6 is 11.6 Å². The maximum absolute atomic E-state index is 6.08. The number of rotatable bonds is 3. The van der Waals surface area contributed by atoms with E-state index in [0.29, 0.717) is 16.4 Å². The topological polar surface area (TPSA) is 65.4 Å². The molecule has 21 heavy (non-hydrogen) atoms. The van der Waals surface area contributed by atoms with Gasteiger partial charge in [0.15, 0.2) is 5.65 Å². The molecule has 5 nitrogen and oxygen atoms in total. The summed E-state index contributed by atoms with van der Waals surface area (Å²) in [6.07, 6.45) is 0.0437. The molecule has 0 aliphatic heterocycles. The molecule has 0 aliphatic rings. The van der Waals surface area contributed by atoms with Crippen LogP contribution in [0.2, 0.25) is 5.02 Å². The van der Waals surface area contributed by atoms with Gasteiger partial charge in [-0.3, -0.25) is 0 Å². The predicted octanol–water partition coefficient (Wildman–Crippen LogP) is 3.42. The molecule has 1 aromatic carbocycles. The number of ether oxygens (including phenoxy) is 1. The third-order valence-corrected chi connectivity index (χ3v) is 3.19. The lowest BCUT2D eigenvalue weighted by atomic mass is 10.1. The van der Waals surface area contributed by atoms with E-state index in [9.17, 15) is 0 Å². The summed E-state index contributed by atoms with van der Waals surface area (Å²) in [4.78, 5) is 4.17. The Morgan fingerprint density at radius 1 is 1.24 bits per heavy atom. The molecular weight excluding hydrogens is 288 g/mol. The monoisotopic (exact) mass is 302 g/mol. The minimum atomic E-state index is 0.0437. The van der Waals surface area contributed by atoms with Gasteiger partial charge in [0, 0.05) is 10.6 Å². The van der Waals surface area contributed by atoms with Gasteiger partial charge in [-0.2, -0.15) is 4.98 Å². The first-order valence-corrected chi connectivity index (χ1v) is 7.00. The van der Waals surface area contributed by atoms with Gasteiger partial charge in [-0.1, -0.05) is 17.7 Å². The Labute approximate surface area is 127 Å². The third kappa shape index (κ3) is 2.64. The van der Waals surface area contributed by atoms with Crippen molar-refractivity contribution in [1.82, 2.24) is 14.6 Å². The predicted molar refractivity (Wildman–Crippen MR) is 83.6 cm³/mol. The van der Waals surface area contributed by atoms with Crippen molar-refractivity contribution in [1.29, 1.82) is 0 Å². The van der Waals surface area contributed by atoms with Crippen LogP contribution in [-0.4, -0.2) is 20.7 Å². The van der Waals surface area contributed by atoms with Crippen molar-refractivity contribution >= 4 is 23.2 Å². The van der Waals surface area contributed by atoms with Crippen LogP contribution in [0.3, 0.4) is 0 Å². The van der Waals surface area contributed by atoms with Crippen molar-refractivity contribution < 1.29 is 4.74 Å². The summed E-state index contributed by atoms with van der Waals surface area (Å²) in [6.45, 7) is 3.94. The summed E-state index contributed by atoms with van der Waals surface area (Å²) in [5.41, 5.74) is 8.12. The second-order valence-corrected chi connectivity index (χ2v) is 5.39. The fourth-order valence-corrected chi connectivity index (χ4v) is 2.35. The molecule has 2 heterocycles. The molecule has 108 valence electrons. The van der Waals surface area contributed by atoms with Gasteiger partial charge in [-0.15, -0.1) is 5.10 Å². The van der Waals surface area contributed by atoms with Gasteiger partial charge in [-0.25, -0.2) is 4.52 Å². The average Bonchev–Trinajstić information content (AvgIpc) is 2.78. The number of halogens is 1. The van der Waals surface area contributed by atoms with E-state index >= 15 is 0 Å². The van der Waals surface area contributed by atoms with E-state index in [2.05, 4.69) is 10.1 Å². The molecule has 0 amide bonds. The minimum absolute atomic E-state index is 0.0437. The number of fused-ring (bicyclic) bond motifs is 1. The number of pyridine rings is 1. The smallest absolute Gasteiger partial charge is 0.240 e. The van der Waals surface area contributed by atoms with Crippen molar-refractivity contribution in [2.75, 3.05) is 5.73 Å². The number of aromatic nitrogens is 3. The molecule has 0 spiro atoms. The molecule has 3 aromatic rings. The Kier molecular flexibility index (Phi) is 3.43. The molecule has 0 bridgehead atoms. The maximum atomic E-state index is 6.08. The Bertz CT molecular complexity index is 797. The van der Waals surface area contributed by atoms with Crippen LogP contribution < -0.4 is 10.5 Å². The molecule has 0 unspecified atom stereocenters. The van der Waals surface area contributed by atoms with Gasteiger partial charge < -0.3 is 10.5 Å². The Morgan fingerprint density at radius 3 is 2.81 bits per heavy atom. The minimum Gasteiger partial charge on any atom is -0.490 e. The van der Waals surface area contributed by atoms with E-state index in [0.717, 1.165) is 11.3 Å². The Hall–Kier alpha value is -2.27. The molecule has 3 rings (SSSR count). The van der Waals surface area contributed by atoms with Crippen molar-refractivity contribution in [3.63, 3.8) is 0 Å². The Morgan fingerprint density at radius 2 is 2.05 bits per heavy atom. The highest BCUT2D eigenvalue weighted by Crippen LogP contribution is 2.33. The number of nitrogens with zero attached hydrogens (tertiary/aromatic N) is 3. The zero-order chi connectivity index (χ0) is 15.0. The fourth-order valence-electron chi connectivity index (χ4n) is 2.18. The van der Waals surface area contributed by atoms with E-state index in [1.807, 2.05) is 44.2 Å². The summed E-state index contributed by atoms with van der Waals surface area (Å²) in [7, 11) is 0. The highest BCUT2D eigenvalue weighted by molar-refractivity contribution is 6.30. The van der Waals surface area contributed by atoms with Crippen LogP contribution in [0.4, 0.5) is 5.95 Å². The van der Waals surface area contributed by atoms with E-state index in [-0.39, 0.29) is 12.1 Å². The second kappa shape index (κ2) is 5.26. The molecule has 0 saturated carbocycles. The van der Waals surface area contributed by atoms with Crippen LogP contribution in [0, 0.1) is 0 Å². The van der Waals surface area contributed by atoms with Gasteiger partial charge in [0.05, 0.1) is 11.8 Å². The van der Waals surface area contributed by atoms with Crippen molar-refractivity contribution in [3.05, 3.63) is 41.4 Å². The lowest BCUT2D eigenvalue weighted by Crippen LogP contribution is -2.07. The van der Waals surface area contributed by atoms with Gasteiger partial charge in [0.2, 0.25) is 5.95 Å². The first-order valence-electron chi connectivity index (χ1n) is 6.62. The second-order valence-electron chi connectivity index (χ2n) is 4.96. The zero-order valence-corrected chi connectivity index (χ0v) is 12.5. The van der Waals surface area contributed by atoms with Crippen LogP contribution in [0.15, 0.2) is 36.4 Å². The van der Waals surface area contributed by atoms with Crippen LogP contribution in [0.1, 0.15) is 13.8 Å². The van der Waals surface area contributed by atoms with Crippen LogP contribution in [-0.2, 0) is 0 Å². The summed E-state index contributed by atoms with van der Waals surface area (Å²) in [5.74, 6) is 0.946. The lowest BCUT2D eigenvalue weighted by Gasteiger charge is -2.15. The van der Waals surface area contributed by atoms with Gasteiger partial charge in [0.1, 0.15) is 5.75 Å². The van der Waals surface area contributed by atoms with Gasteiger partial charge in [-0.05, 0) is 44.2 Å². The molecule has 2 N–H and O–H groups in total. The van der Waals surface area contributed by atoms with E-state index < -0.39 is 0 Å². The van der Waals surface area contributed by atoms with Crippen molar-refractivity contribution in [2.24, 2.45) is 0 Å². The SMILES string of the molecule is CC(C)Oc1cc(Cl)ccc1-c1cccc2nc(N)nn12. The van der Waals surface area contributed by atoms with Gasteiger partial charge >= 0.3 is 0 Å². The number of anilines is 1. The average molecular weight is 303 g/mol. The summed E-state index contributed by atoms with van der Waals surface area (Å²) in [5, 5.41) is 4.85. The standard InChI is InChI=1S/C15H15ClN4O/c1-9(2)21-13-8-10(16)6-7-11(13)12-4-3-5-14-18-15(17)19-20(12)14/h3-9H,1-2H3,(H2,17,19). The lowest BCUT2D eigenvalue weighted by molar-refractivity contribution is 0.243. The first kappa shape index (κ1) is 13.7. The van der Waals surface area contributed by atoms with Crippen LogP contribution in [0.25, 0.3) is 16.9 Å². The Balaban J connectivity index is 2.22. The number of benzene rings is 1. The first-order chi connectivity index (χ1) is 10.0. The van der Waals surface area contributed by atoms with Gasteiger partial charge in [0.25, 0.3) is 0 Å². The van der Waals surface area contributed by atoms with E-state index in [1.54, 1.807) is 10.6 Å². The molecule has 6 heteroatoms. The molecule has 0 radical (unpaired) electrons. The summed E-state index contributed by atoms with van der Waals surface area (Å²) in [6, 6.07) is 11.2.